The molecule has 0 saturated carbocycles. The fraction of sp³-hybridized carbons (Fsp3) is 0.600. The molecule has 1 heterocycles. The lowest BCUT2D eigenvalue weighted by Gasteiger charge is -2.43. The van der Waals surface area contributed by atoms with E-state index in [2.05, 4.69) is 31.0 Å². The highest BCUT2D eigenvalue weighted by Crippen LogP contribution is 2.29. The molecule has 2 nitrogen and oxygen atoms in total. The molecule has 0 radical (unpaired) electrons. The first kappa shape index (κ1) is 15.1. The molecule has 0 spiro atoms. The average molecular weight is 301 g/mol. The lowest BCUT2D eigenvalue weighted by molar-refractivity contribution is 0.0689. The van der Waals surface area contributed by atoms with E-state index in [4.69, 9.17) is 23.2 Å². The second-order valence-electron chi connectivity index (χ2n) is 6.29. The van der Waals surface area contributed by atoms with Crippen LogP contribution in [-0.2, 0) is 6.54 Å². The van der Waals surface area contributed by atoms with Crippen LogP contribution in [0.15, 0.2) is 18.2 Å². The third kappa shape index (κ3) is 3.85. The molecule has 4 heteroatoms. The Bertz CT molecular complexity index is 440. The van der Waals surface area contributed by atoms with Crippen molar-refractivity contribution in [3.63, 3.8) is 0 Å². The minimum atomic E-state index is 0.256. The van der Waals surface area contributed by atoms with Crippen LogP contribution >= 0.6 is 23.2 Å². The monoisotopic (exact) mass is 300 g/mol. The van der Waals surface area contributed by atoms with Crippen LogP contribution in [0.3, 0.4) is 0 Å². The van der Waals surface area contributed by atoms with E-state index in [0.717, 1.165) is 36.8 Å². The highest BCUT2D eigenvalue weighted by atomic mass is 35.5. The largest absolute Gasteiger partial charge is 0.314 e. The van der Waals surface area contributed by atoms with Gasteiger partial charge in [-0.2, -0.15) is 0 Å². The zero-order chi connectivity index (χ0) is 14.0. The summed E-state index contributed by atoms with van der Waals surface area (Å²) in [5.41, 5.74) is 1.41. The molecule has 0 amide bonds. The first-order chi connectivity index (χ1) is 8.88. The zero-order valence-corrected chi connectivity index (χ0v) is 13.4. The van der Waals surface area contributed by atoms with Gasteiger partial charge in [-0.25, -0.2) is 0 Å². The van der Waals surface area contributed by atoms with E-state index in [0.29, 0.717) is 11.1 Å². The third-order valence-electron chi connectivity index (χ3n) is 3.74. The molecule has 1 N–H and O–H groups in total. The summed E-state index contributed by atoms with van der Waals surface area (Å²) in [6.45, 7) is 10.9. The summed E-state index contributed by atoms with van der Waals surface area (Å²) in [4.78, 5) is 2.52. The summed E-state index contributed by atoms with van der Waals surface area (Å²) in [5.74, 6) is 0. The molecule has 1 aliphatic heterocycles. The molecule has 1 aromatic rings. The summed E-state index contributed by atoms with van der Waals surface area (Å²) in [5, 5.41) is 4.94. The van der Waals surface area contributed by atoms with Gasteiger partial charge in [0.25, 0.3) is 0 Å². The van der Waals surface area contributed by atoms with Crippen molar-refractivity contribution >= 4 is 23.2 Å². The van der Waals surface area contributed by atoms with E-state index in [9.17, 15) is 0 Å². The molecule has 1 atom stereocenters. The molecule has 1 unspecified atom stereocenters. The van der Waals surface area contributed by atoms with Crippen molar-refractivity contribution in [2.24, 2.45) is 5.41 Å². The number of piperazine rings is 1. The number of rotatable bonds is 2. The van der Waals surface area contributed by atoms with Gasteiger partial charge in [0, 0.05) is 42.3 Å². The Morgan fingerprint density at radius 2 is 2.05 bits per heavy atom. The third-order valence-corrected chi connectivity index (χ3v) is 4.33. The van der Waals surface area contributed by atoms with E-state index < -0.39 is 0 Å². The minimum absolute atomic E-state index is 0.256. The van der Waals surface area contributed by atoms with Gasteiger partial charge in [0.15, 0.2) is 0 Å². The lowest BCUT2D eigenvalue weighted by Crippen LogP contribution is -2.56. The molecular weight excluding hydrogens is 279 g/mol. The molecule has 0 bridgehead atoms. The Kier molecular flexibility index (Phi) is 4.78. The van der Waals surface area contributed by atoms with E-state index >= 15 is 0 Å². The summed E-state index contributed by atoms with van der Waals surface area (Å²) in [7, 11) is 0. The Balaban J connectivity index is 2.15. The lowest BCUT2D eigenvalue weighted by atomic mass is 9.84. The van der Waals surface area contributed by atoms with Gasteiger partial charge in [0.2, 0.25) is 0 Å². The first-order valence-corrected chi connectivity index (χ1v) is 7.52. The van der Waals surface area contributed by atoms with Crippen LogP contribution < -0.4 is 5.32 Å². The summed E-state index contributed by atoms with van der Waals surface area (Å²) >= 11 is 12.2. The standard InChI is InChI=1S/C15H22Cl2N2/c1-15(2,3)14-9-18-6-7-19(14)10-11-4-5-12(16)8-13(11)17/h4-5,8,14,18H,6-7,9-10H2,1-3H3. The number of nitrogens with zero attached hydrogens (tertiary/aromatic N) is 1. The van der Waals surface area contributed by atoms with Crippen molar-refractivity contribution in [1.29, 1.82) is 0 Å². The molecule has 0 aromatic heterocycles. The highest BCUT2D eigenvalue weighted by molar-refractivity contribution is 6.35. The van der Waals surface area contributed by atoms with Gasteiger partial charge < -0.3 is 5.32 Å². The second-order valence-corrected chi connectivity index (χ2v) is 7.14. The molecule has 0 aliphatic carbocycles. The molecular formula is C15H22Cl2N2. The Labute approximate surface area is 126 Å². The predicted molar refractivity (Wildman–Crippen MR) is 83.0 cm³/mol. The quantitative estimate of drug-likeness (QED) is 0.893. The van der Waals surface area contributed by atoms with Crippen LogP contribution in [-0.4, -0.2) is 30.6 Å². The van der Waals surface area contributed by atoms with Crippen molar-refractivity contribution in [2.75, 3.05) is 19.6 Å². The first-order valence-electron chi connectivity index (χ1n) is 6.76. The van der Waals surface area contributed by atoms with Crippen LogP contribution in [0, 0.1) is 5.41 Å². The number of benzene rings is 1. The van der Waals surface area contributed by atoms with Gasteiger partial charge >= 0.3 is 0 Å². The van der Waals surface area contributed by atoms with Gasteiger partial charge in [-0.3, -0.25) is 4.90 Å². The smallest absolute Gasteiger partial charge is 0.0465 e. The van der Waals surface area contributed by atoms with Gasteiger partial charge in [-0.15, -0.1) is 0 Å². The summed E-state index contributed by atoms with van der Waals surface area (Å²) < 4.78 is 0. The van der Waals surface area contributed by atoms with Gasteiger partial charge in [0.05, 0.1) is 0 Å². The molecule has 1 aliphatic rings. The van der Waals surface area contributed by atoms with Crippen LogP contribution in [0.5, 0.6) is 0 Å². The molecule has 106 valence electrons. The van der Waals surface area contributed by atoms with Crippen molar-refractivity contribution in [3.8, 4) is 0 Å². The second kappa shape index (κ2) is 6.01. The maximum atomic E-state index is 6.28. The zero-order valence-electron chi connectivity index (χ0n) is 11.8. The molecule has 1 saturated heterocycles. The van der Waals surface area contributed by atoms with Gasteiger partial charge in [-0.1, -0.05) is 50.0 Å². The van der Waals surface area contributed by atoms with E-state index in [-0.39, 0.29) is 5.41 Å². The van der Waals surface area contributed by atoms with Crippen LogP contribution in [0.4, 0.5) is 0 Å². The van der Waals surface area contributed by atoms with Crippen molar-refractivity contribution in [2.45, 2.75) is 33.4 Å². The van der Waals surface area contributed by atoms with Crippen LogP contribution in [0.25, 0.3) is 0 Å². The normalized spacial score (nSPS) is 21.6. The highest BCUT2D eigenvalue weighted by Gasteiger charge is 2.32. The van der Waals surface area contributed by atoms with E-state index in [1.165, 1.54) is 0 Å². The number of hydrogen-bond donors (Lipinski definition) is 1. The van der Waals surface area contributed by atoms with Gasteiger partial charge in [-0.05, 0) is 23.1 Å². The fourth-order valence-electron chi connectivity index (χ4n) is 2.66. The fourth-order valence-corrected chi connectivity index (χ4v) is 3.13. The molecule has 1 fully saturated rings. The predicted octanol–water partition coefficient (Wildman–Crippen LogP) is 3.81. The van der Waals surface area contributed by atoms with Crippen LogP contribution in [0.1, 0.15) is 26.3 Å². The SMILES string of the molecule is CC(C)(C)C1CNCCN1Cc1ccc(Cl)cc1Cl. The van der Waals surface area contributed by atoms with Crippen LogP contribution in [0.2, 0.25) is 10.0 Å². The minimum Gasteiger partial charge on any atom is -0.314 e. The Hall–Kier alpha value is -0.280. The van der Waals surface area contributed by atoms with Crippen molar-refractivity contribution in [3.05, 3.63) is 33.8 Å². The summed E-state index contributed by atoms with van der Waals surface area (Å²) in [6.07, 6.45) is 0. The van der Waals surface area contributed by atoms with E-state index in [1.54, 1.807) is 0 Å². The average Bonchev–Trinajstić information content (AvgIpc) is 2.32. The van der Waals surface area contributed by atoms with Gasteiger partial charge in [0.1, 0.15) is 0 Å². The number of hydrogen-bond acceptors (Lipinski definition) is 2. The van der Waals surface area contributed by atoms with Crippen molar-refractivity contribution < 1.29 is 0 Å². The number of halogens is 2. The molecule has 2 rings (SSSR count). The Morgan fingerprint density at radius 3 is 2.68 bits per heavy atom. The topological polar surface area (TPSA) is 15.3 Å². The van der Waals surface area contributed by atoms with E-state index in [1.807, 2.05) is 18.2 Å². The molecule has 19 heavy (non-hydrogen) atoms. The Morgan fingerprint density at radius 1 is 1.32 bits per heavy atom. The maximum Gasteiger partial charge on any atom is 0.0465 e. The molecule has 1 aromatic carbocycles. The summed E-state index contributed by atoms with van der Waals surface area (Å²) in [6, 6.07) is 6.30. The van der Waals surface area contributed by atoms with Crippen molar-refractivity contribution in [1.82, 2.24) is 10.2 Å². The number of nitrogens with one attached hydrogen (secondary N) is 1. The maximum absolute atomic E-state index is 6.28.